The molecule has 4 nitrogen and oxygen atoms in total. The smallest absolute Gasteiger partial charge is 0.223 e. The first-order valence-corrected chi connectivity index (χ1v) is 9.58. The van der Waals surface area contributed by atoms with Crippen molar-refractivity contribution in [2.75, 3.05) is 0 Å². The molecule has 1 amide bonds. The number of nitrogens with one attached hydrogen (secondary N) is 1. The Morgan fingerprint density at radius 3 is 2.69 bits per heavy atom. The van der Waals surface area contributed by atoms with Crippen LogP contribution in [0.25, 0.3) is 0 Å². The van der Waals surface area contributed by atoms with E-state index in [0.29, 0.717) is 0 Å². The van der Waals surface area contributed by atoms with Gasteiger partial charge in [0, 0.05) is 18.7 Å². The Labute approximate surface area is 157 Å². The van der Waals surface area contributed by atoms with E-state index >= 15 is 0 Å². The fourth-order valence-corrected chi connectivity index (χ4v) is 4.14. The van der Waals surface area contributed by atoms with E-state index < -0.39 is 0 Å². The van der Waals surface area contributed by atoms with Gasteiger partial charge in [0.15, 0.2) is 0 Å². The largest absolute Gasteiger partial charge is 0.349 e. The van der Waals surface area contributed by atoms with Crippen LogP contribution < -0.4 is 5.32 Å². The van der Waals surface area contributed by atoms with Crippen LogP contribution in [-0.2, 0) is 24.7 Å². The number of benzene rings is 1. The van der Waals surface area contributed by atoms with Crippen LogP contribution in [0.4, 0.5) is 0 Å². The molecule has 4 heteroatoms. The number of aryl methyl sites for hydroxylation is 3. The van der Waals surface area contributed by atoms with Gasteiger partial charge in [0.05, 0.1) is 11.7 Å². The Hall–Kier alpha value is -2.10. The van der Waals surface area contributed by atoms with Gasteiger partial charge >= 0.3 is 0 Å². The first-order valence-electron chi connectivity index (χ1n) is 9.58. The van der Waals surface area contributed by atoms with E-state index in [9.17, 15) is 4.79 Å². The number of fused-ring (bicyclic) bond motifs is 1. The summed E-state index contributed by atoms with van der Waals surface area (Å²) in [6.07, 6.45) is 2.90. The molecule has 0 fully saturated rings. The molecule has 2 aromatic rings. The van der Waals surface area contributed by atoms with Crippen molar-refractivity contribution >= 4 is 5.91 Å². The van der Waals surface area contributed by atoms with Crippen LogP contribution in [-0.4, -0.2) is 15.7 Å². The molecule has 26 heavy (non-hydrogen) atoms. The zero-order valence-corrected chi connectivity index (χ0v) is 16.9. The Morgan fingerprint density at radius 1 is 1.35 bits per heavy atom. The summed E-state index contributed by atoms with van der Waals surface area (Å²) in [5, 5.41) is 7.84. The van der Waals surface area contributed by atoms with Crippen LogP contribution in [0.2, 0.25) is 0 Å². The summed E-state index contributed by atoms with van der Waals surface area (Å²) in [6, 6.07) is 8.59. The summed E-state index contributed by atoms with van der Waals surface area (Å²) in [4.78, 5) is 13.0. The highest BCUT2D eigenvalue weighted by Crippen LogP contribution is 2.43. The van der Waals surface area contributed by atoms with Gasteiger partial charge in [-0.15, -0.1) is 0 Å². The van der Waals surface area contributed by atoms with Crippen LogP contribution in [0.5, 0.6) is 0 Å². The normalized spacial score (nSPS) is 19.7. The van der Waals surface area contributed by atoms with E-state index in [0.717, 1.165) is 30.7 Å². The van der Waals surface area contributed by atoms with Gasteiger partial charge < -0.3 is 5.32 Å². The zero-order valence-electron chi connectivity index (χ0n) is 16.9. The molecular weight excluding hydrogens is 322 g/mol. The van der Waals surface area contributed by atoms with E-state index in [4.69, 9.17) is 0 Å². The van der Waals surface area contributed by atoms with Crippen molar-refractivity contribution in [3.05, 3.63) is 52.3 Å². The minimum absolute atomic E-state index is 0.0594. The van der Waals surface area contributed by atoms with Crippen molar-refractivity contribution in [1.82, 2.24) is 15.1 Å². The van der Waals surface area contributed by atoms with Crippen molar-refractivity contribution in [2.24, 2.45) is 18.4 Å². The molecule has 0 saturated heterocycles. The molecule has 1 aromatic heterocycles. The number of hydrogen-bond donors (Lipinski definition) is 1. The van der Waals surface area contributed by atoms with Gasteiger partial charge in [-0.3, -0.25) is 9.48 Å². The second kappa shape index (κ2) is 6.90. The summed E-state index contributed by atoms with van der Waals surface area (Å²) in [5.74, 6) is 0.0453. The number of carbonyl (C=O) groups is 1. The van der Waals surface area contributed by atoms with Gasteiger partial charge in [0.25, 0.3) is 0 Å². The third kappa shape index (κ3) is 3.42. The highest BCUT2D eigenvalue weighted by atomic mass is 16.1. The fraction of sp³-hybridized carbons (Fsp3) is 0.545. The Morgan fingerprint density at radius 2 is 2.04 bits per heavy atom. The van der Waals surface area contributed by atoms with Crippen molar-refractivity contribution in [1.29, 1.82) is 0 Å². The van der Waals surface area contributed by atoms with Crippen LogP contribution in [0.1, 0.15) is 61.3 Å². The lowest BCUT2D eigenvalue weighted by Crippen LogP contribution is -2.43. The second-order valence-electron chi connectivity index (χ2n) is 8.51. The molecule has 2 atom stereocenters. The third-order valence-electron chi connectivity index (χ3n) is 6.09. The van der Waals surface area contributed by atoms with E-state index in [1.807, 2.05) is 25.6 Å². The van der Waals surface area contributed by atoms with E-state index in [1.165, 1.54) is 16.7 Å². The van der Waals surface area contributed by atoms with Crippen LogP contribution >= 0.6 is 0 Å². The average molecular weight is 354 g/mol. The molecule has 1 aliphatic carbocycles. The molecule has 0 spiro atoms. The predicted molar refractivity (Wildman–Crippen MR) is 105 cm³/mol. The minimum atomic E-state index is -0.0820. The lowest BCUT2D eigenvalue weighted by molar-refractivity contribution is -0.126. The van der Waals surface area contributed by atoms with Crippen molar-refractivity contribution in [2.45, 2.75) is 59.9 Å². The quantitative estimate of drug-likeness (QED) is 0.901. The van der Waals surface area contributed by atoms with Gasteiger partial charge in [0.1, 0.15) is 0 Å². The first kappa shape index (κ1) is 18.7. The maximum absolute atomic E-state index is 13.0. The summed E-state index contributed by atoms with van der Waals surface area (Å²) in [7, 11) is 1.96. The van der Waals surface area contributed by atoms with Crippen molar-refractivity contribution in [3.8, 4) is 0 Å². The lowest BCUT2D eigenvalue weighted by Gasteiger charge is -2.41. The number of hydrogen-bond acceptors (Lipinski definition) is 2. The Balaban J connectivity index is 1.78. The van der Waals surface area contributed by atoms with Crippen LogP contribution in [0.15, 0.2) is 24.3 Å². The highest BCUT2D eigenvalue weighted by Gasteiger charge is 2.37. The summed E-state index contributed by atoms with van der Waals surface area (Å²) >= 11 is 0. The molecule has 0 unspecified atom stereocenters. The molecule has 0 bridgehead atoms. The van der Waals surface area contributed by atoms with E-state index in [1.54, 1.807) is 0 Å². The molecule has 140 valence electrons. The first-order chi connectivity index (χ1) is 12.2. The van der Waals surface area contributed by atoms with Crippen LogP contribution in [0.3, 0.4) is 0 Å². The SMILES string of the molecule is Cc1nn(C)c(C)c1C[C@@H](C)C(=O)N[C@H]1c2ccccc2CCC1(C)C. The number of rotatable bonds is 4. The minimum Gasteiger partial charge on any atom is -0.349 e. The lowest BCUT2D eigenvalue weighted by atomic mass is 9.70. The molecule has 1 aromatic carbocycles. The molecule has 1 aliphatic rings. The Kier molecular flexibility index (Phi) is 4.96. The zero-order chi connectivity index (χ0) is 19.1. The molecule has 0 radical (unpaired) electrons. The molecular formula is C22H31N3O. The highest BCUT2D eigenvalue weighted by molar-refractivity contribution is 5.79. The second-order valence-corrected chi connectivity index (χ2v) is 8.51. The maximum Gasteiger partial charge on any atom is 0.223 e. The number of carbonyl (C=O) groups excluding carboxylic acids is 1. The summed E-state index contributed by atoms with van der Waals surface area (Å²) in [6.45, 7) is 10.6. The maximum atomic E-state index is 13.0. The standard InChI is InChI=1S/C22H31N3O/c1-14(13-19-15(2)24-25(6)16(19)3)21(26)23-20-18-10-8-7-9-17(18)11-12-22(20,4)5/h7-10,14,20H,11-13H2,1-6H3,(H,23,26)/t14-,20+/m1/s1. The monoisotopic (exact) mass is 353 g/mol. The Bertz CT molecular complexity index is 819. The number of aromatic nitrogens is 2. The summed E-state index contributed by atoms with van der Waals surface area (Å²) in [5.41, 5.74) is 6.06. The van der Waals surface area contributed by atoms with Gasteiger partial charge in [-0.25, -0.2) is 0 Å². The van der Waals surface area contributed by atoms with E-state index in [2.05, 4.69) is 55.5 Å². The number of amides is 1. The topological polar surface area (TPSA) is 46.9 Å². The average Bonchev–Trinajstić information content (AvgIpc) is 2.83. The molecule has 1 N–H and O–H groups in total. The molecule has 1 heterocycles. The van der Waals surface area contributed by atoms with Crippen LogP contribution in [0, 0.1) is 25.2 Å². The molecule has 0 saturated carbocycles. The van der Waals surface area contributed by atoms with Gasteiger partial charge in [-0.1, -0.05) is 45.0 Å². The van der Waals surface area contributed by atoms with E-state index in [-0.39, 0.29) is 23.3 Å². The predicted octanol–water partition coefficient (Wildman–Crippen LogP) is 4.05. The third-order valence-corrected chi connectivity index (χ3v) is 6.09. The van der Waals surface area contributed by atoms with Crippen molar-refractivity contribution in [3.63, 3.8) is 0 Å². The van der Waals surface area contributed by atoms with Crippen molar-refractivity contribution < 1.29 is 4.79 Å². The fourth-order valence-electron chi connectivity index (χ4n) is 4.14. The molecule has 0 aliphatic heterocycles. The number of nitrogens with zero attached hydrogens (tertiary/aromatic N) is 2. The van der Waals surface area contributed by atoms with Gasteiger partial charge in [0.2, 0.25) is 5.91 Å². The molecule has 3 rings (SSSR count). The van der Waals surface area contributed by atoms with Gasteiger partial charge in [-0.05, 0) is 55.2 Å². The summed E-state index contributed by atoms with van der Waals surface area (Å²) < 4.78 is 1.90. The van der Waals surface area contributed by atoms with Gasteiger partial charge in [-0.2, -0.15) is 5.10 Å².